The number of nitrogens with zero attached hydrogens (tertiary/aromatic N) is 1. The molecule has 0 spiro atoms. The Hall–Kier alpha value is -0.170. The first kappa shape index (κ1) is 10.9. The number of rotatable bonds is 3. The average Bonchev–Trinajstić information content (AvgIpc) is 2.04. The first-order chi connectivity index (χ1) is 6.04. The van der Waals surface area contributed by atoms with Gasteiger partial charge in [0.05, 0.1) is 6.26 Å². The smallest absolute Gasteiger partial charge is 0.211 e. The molecular weight excluding hydrogens is 190 g/mol. The third-order valence-electron chi connectivity index (χ3n) is 2.36. The lowest BCUT2D eigenvalue weighted by atomic mass is 10.0. The first-order valence-electron chi connectivity index (χ1n) is 4.42. The van der Waals surface area contributed by atoms with Crippen molar-refractivity contribution in [3.8, 4) is 0 Å². The third-order valence-corrected chi connectivity index (χ3v) is 3.63. The molecule has 78 valence electrons. The van der Waals surface area contributed by atoms with Gasteiger partial charge in [-0.15, -0.1) is 0 Å². The van der Waals surface area contributed by atoms with E-state index in [1.807, 2.05) is 0 Å². The van der Waals surface area contributed by atoms with Gasteiger partial charge >= 0.3 is 0 Å². The normalized spacial score (nSPS) is 26.2. The van der Waals surface area contributed by atoms with Crippen LogP contribution in [0.25, 0.3) is 0 Å². The Morgan fingerprint density at radius 2 is 2.31 bits per heavy atom. The number of hydrazine groups is 1. The first-order valence-corrected chi connectivity index (χ1v) is 6.27. The van der Waals surface area contributed by atoms with Crippen LogP contribution in [-0.4, -0.2) is 38.6 Å². The molecule has 1 aliphatic heterocycles. The van der Waals surface area contributed by atoms with Crippen LogP contribution in [0.3, 0.4) is 0 Å². The van der Waals surface area contributed by atoms with Gasteiger partial charge in [-0.25, -0.2) is 12.7 Å². The van der Waals surface area contributed by atoms with E-state index in [4.69, 9.17) is 5.84 Å². The van der Waals surface area contributed by atoms with Crippen LogP contribution in [0.4, 0.5) is 0 Å². The van der Waals surface area contributed by atoms with Crippen molar-refractivity contribution < 1.29 is 8.42 Å². The van der Waals surface area contributed by atoms with Crippen molar-refractivity contribution in [1.82, 2.24) is 9.73 Å². The second kappa shape index (κ2) is 4.36. The fraction of sp³-hybridized carbons (Fsp3) is 1.00. The van der Waals surface area contributed by atoms with E-state index >= 15 is 0 Å². The molecule has 0 radical (unpaired) electrons. The van der Waals surface area contributed by atoms with Crippen LogP contribution in [0.5, 0.6) is 0 Å². The summed E-state index contributed by atoms with van der Waals surface area (Å²) in [6.07, 6.45) is 3.24. The molecule has 1 atom stereocenters. The lowest BCUT2D eigenvalue weighted by Gasteiger charge is -2.30. The van der Waals surface area contributed by atoms with Gasteiger partial charge in [0.2, 0.25) is 10.0 Å². The molecule has 0 aromatic rings. The predicted molar refractivity (Wildman–Crippen MR) is 51.3 cm³/mol. The van der Waals surface area contributed by atoms with Crippen molar-refractivity contribution in [2.75, 3.05) is 25.9 Å². The van der Waals surface area contributed by atoms with Crippen molar-refractivity contribution in [3.63, 3.8) is 0 Å². The highest BCUT2D eigenvalue weighted by atomic mass is 32.2. The quantitative estimate of drug-likeness (QED) is 0.465. The van der Waals surface area contributed by atoms with Crippen LogP contribution in [-0.2, 0) is 10.0 Å². The van der Waals surface area contributed by atoms with E-state index in [2.05, 4.69) is 5.43 Å². The van der Waals surface area contributed by atoms with Gasteiger partial charge in [-0.05, 0) is 18.8 Å². The minimum atomic E-state index is -3.01. The van der Waals surface area contributed by atoms with Crippen LogP contribution >= 0.6 is 0 Å². The number of hydrogen-bond donors (Lipinski definition) is 2. The van der Waals surface area contributed by atoms with Crippen LogP contribution in [0.1, 0.15) is 12.8 Å². The summed E-state index contributed by atoms with van der Waals surface area (Å²) in [5, 5.41) is 0. The van der Waals surface area contributed by atoms with Gasteiger partial charge in [-0.2, -0.15) is 0 Å². The minimum Gasteiger partial charge on any atom is -0.271 e. The predicted octanol–water partition coefficient (Wildman–Crippen LogP) is -0.879. The molecule has 1 aliphatic rings. The van der Waals surface area contributed by atoms with Crippen molar-refractivity contribution in [1.29, 1.82) is 0 Å². The third kappa shape index (κ3) is 3.22. The Morgan fingerprint density at radius 3 is 2.85 bits per heavy atom. The Morgan fingerprint density at radius 1 is 1.62 bits per heavy atom. The Labute approximate surface area is 79.3 Å². The van der Waals surface area contributed by atoms with Gasteiger partial charge in [0, 0.05) is 19.6 Å². The maximum atomic E-state index is 11.2. The summed E-state index contributed by atoms with van der Waals surface area (Å²) in [5.41, 5.74) is 2.59. The molecule has 1 saturated heterocycles. The van der Waals surface area contributed by atoms with E-state index in [9.17, 15) is 8.42 Å². The second-order valence-electron chi connectivity index (χ2n) is 3.54. The molecule has 0 saturated carbocycles. The highest BCUT2D eigenvalue weighted by Crippen LogP contribution is 2.17. The van der Waals surface area contributed by atoms with Crippen molar-refractivity contribution >= 4 is 10.0 Å². The topological polar surface area (TPSA) is 75.4 Å². The highest BCUT2D eigenvalue weighted by molar-refractivity contribution is 7.88. The van der Waals surface area contributed by atoms with Gasteiger partial charge in [0.1, 0.15) is 0 Å². The summed E-state index contributed by atoms with van der Waals surface area (Å²) in [5.74, 6) is 5.55. The highest BCUT2D eigenvalue weighted by Gasteiger charge is 2.25. The largest absolute Gasteiger partial charge is 0.271 e. The van der Waals surface area contributed by atoms with Crippen LogP contribution in [0, 0.1) is 5.92 Å². The standard InChI is InChI=1S/C7H17N3O2S/c1-13(11,12)10-4-2-3-7(6-10)5-9-8/h7,9H,2-6,8H2,1H3. The fourth-order valence-corrected chi connectivity index (χ4v) is 2.60. The zero-order valence-corrected chi connectivity index (χ0v) is 8.68. The molecule has 0 bridgehead atoms. The van der Waals surface area contributed by atoms with Gasteiger partial charge in [-0.3, -0.25) is 11.3 Å². The van der Waals surface area contributed by atoms with Crippen molar-refractivity contribution in [3.05, 3.63) is 0 Å². The molecule has 0 aliphatic carbocycles. The molecule has 3 N–H and O–H groups in total. The molecule has 5 nitrogen and oxygen atoms in total. The number of piperidine rings is 1. The molecular formula is C7H17N3O2S. The number of hydrogen-bond acceptors (Lipinski definition) is 4. The molecule has 1 fully saturated rings. The van der Waals surface area contributed by atoms with Gasteiger partial charge in [0.25, 0.3) is 0 Å². The summed E-state index contributed by atoms with van der Waals surface area (Å²) in [6.45, 7) is 1.94. The summed E-state index contributed by atoms with van der Waals surface area (Å²) < 4.78 is 23.9. The van der Waals surface area contributed by atoms with Crippen molar-refractivity contribution in [2.24, 2.45) is 11.8 Å². The zero-order chi connectivity index (χ0) is 9.90. The van der Waals surface area contributed by atoms with E-state index in [0.29, 0.717) is 25.6 Å². The van der Waals surface area contributed by atoms with E-state index in [1.165, 1.54) is 10.6 Å². The van der Waals surface area contributed by atoms with E-state index in [0.717, 1.165) is 12.8 Å². The second-order valence-corrected chi connectivity index (χ2v) is 5.52. The zero-order valence-electron chi connectivity index (χ0n) is 7.86. The Bertz CT molecular complexity index is 250. The van der Waals surface area contributed by atoms with Gasteiger partial charge in [0.15, 0.2) is 0 Å². The van der Waals surface area contributed by atoms with Crippen LogP contribution < -0.4 is 11.3 Å². The van der Waals surface area contributed by atoms with Crippen molar-refractivity contribution in [2.45, 2.75) is 12.8 Å². The summed E-state index contributed by atoms with van der Waals surface area (Å²) in [4.78, 5) is 0. The number of nitrogens with two attached hydrogens (primary N) is 1. The molecule has 1 unspecified atom stereocenters. The maximum absolute atomic E-state index is 11.2. The molecule has 6 heteroatoms. The SMILES string of the molecule is CS(=O)(=O)N1CCCC(CNN)C1. The molecule has 13 heavy (non-hydrogen) atoms. The summed E-state index contributed by atoms with van der Waals surface area (Å²) >= 11 is 0. The monoisotopic (exact) mass is 207 g/mol. The molecule has 1 heterocycles. The van der Waals surface area contributed by atoms with E-state index < -0.39 is 10.0 Å². The number of sulfonamides is 1. The lowest BCUT2D eigenvalue weighted by Crippen LogP contribution is -2.43. The Balaban J connectivity index is 2.52. The van der Waals surface area contributed by atoms with E-state index in [-0.39, 0.29) is 0 Å². The van der Waals surface area contributed by atoms with Gasteiger partial charge < -0.3 is 0 Å². The maximum Gasteiger partial charge on any atom is 0.211 e. The van der Waals surface area contributed by atoms with Crippen LogP contribution in [0.15, 0.2) is 0 Å². The van der Waals surface area contributed by atoms with E-state index in [1.54, 1.807) is 0 Å². The fourth-order valence-electron chi connectivity index (χ4n) is 1.66. The minimum absolute atomic E-state index is 0.355. The summed E-state index contributed by atoms with van der Waals surface area (Å²) in [6, 6.07) is 0. The average molecular weight is 207 g/mol. The van der Waals surface area contributed by atoms with Crippen LogP contribution in [0.2, 0.25) is 0 Å². The Kier molecular flexibility index (Phi) is 3.66. The molecule has 0 aromatic carbocycles. The number of nitrogens with one attached hydrogen (secondary N) is 1. The lowest BCUT2D eigenvalue weighted by molar-refractivity contribution is 0.262. The van der Waals surface area contributed by atoms with Gasteiger partial charge in [-0.1, -0.05) is 0 Å². The molecule has 0 aromatic heterocycles. The molecule has 1 rings (SSSR count). The summed E-state index contributed by atoms with van der Waals surface area (Å²) in [7, 11) is -3.01. The molecule has 0 amide bonds.